The number of carbonyl (C=O) groups is 2. The number of carboxylic acid groups (broad SMARTS) is 1. The molecular formula is C20H13F6NO3. The molecule has 4 nitrogen and oxygen atoms in total. The molecule has 0 radical (unpaired) electrons. The number of halogens is 6. The first kappa shape index (κ1) is 21.4. The standard InChI is InChI=1S/C20H13F6NO3/c1-10-15(9-17(28)29)14-4-2-3-5-16(14)27(10)18(30)11-6-12(19(21,22)23)8-13(7-11)20(24,25)26/h2-8H,9H2,1H3,(H,28,29). The van der Waals surface area contributed by atoms with E-state index in [1.54, 1.807) is 6.07 Å². The van der Waals surface area contributed by atoms with Crippen LogP contribution in [0.5, 0.6) is 0 Å². The van der Waals surface area contributed by atoms with Gasteiger partial charge in [0.2, 0.25) is 0 Å². The van der Waals surface area contributed by atoms with Gasteiger partial charge in [0.15, 0.2) is 0 Å². The molecule has 0 unspecified atom stereocenters. The number of alkyl halides is 6. The molecule has 10 heteroatoms. The first-order valence-electron chi connectivity index (χ1n) is 8.45. The maximum atomic E-state index is 13.1. The average molecular weight is 429 g/mol. The van der Waals surface area contributed by atoms with Crippen molar-refractivity contribution in [2.24, 2.45) is 0 Å². The molecule has 0 saturated heterocycles. The quantitative estimate of drug-likeness (QED) is 0.575. The molecule has 0 amide bonds. The summed E-state index contributed by atoms with van der Waals surface area (Å²) < 4.78 is 79.7. The molecule has 0 aliphatic heterocycles. The highest BCUT2D eigenvalue weighted by molar-refractivity contribution is 6.04. The van der Waals surface area contributed by atoms with Gasteiger partial charge in [0.1, 0.15) is 0 Å². The average Bonchev–Trinajstić information content (AvgIpc) is 2.91. The Kier molecular flexibility index (Phi) is 5.13. The molecule has 0 fully saturated rings. The van der Waals surface area contributed by atoms with Gasteiger partial charge in [0.25, 0.3) is 5.91 Å². The lowest BCUT2D eigenvalue weighted by Gasteiger charge is -2.15. The summed E-state index contributed by atoms with van der Waals surface area (Å²) in [7, 11) is 0. The zero-order valence-corrected chi connectivity index (χ0v) is 15.2. The van der Waals surface area contributed by atoms with E-state index in [1.165, 1.54) is 25.1 Å². The van der Waals surface area contributed by atoms with E-state index in [9.17, 15) is 35.9 Å². The SMILES string of the molecule is Cc1c(CC(=O)O)c2ccccc2n1C(=O)c1cc(C(F)(F)F)cc(C(F)(F)F)c1. The van der Waals surface area contributed by atoms with Crippen molar-refractivity contribution in [3.63, 3.8) is 0 Å². The van der Waals surface area contributed by atoms with Crippen LogP contribution in [0.4, 0.5) is 26.3 Å². The van der Waals surface area contributed by atoms with Crippen LogP contribution in [-0.2, 0) is 23.6 Å². The molecule has 158 valence electrons. The van der Waals surface area contributed by atoms with Gasteiger partial charge in [-0.25, -0.2) is 0 Å². The number of aliphatic carboxylic acids is 1. The number of rotatable bonds is 3. The van der Waals surface area contributed by atoms with E-state index in [0.717, 1.165) is 4.57 Å². The van der Waals surface area contributed by atoms with Gasteiger partial charge in [-0.1, -0.05) is 18.2 Å². The first-order valence-corrected chi connectivity index (χ1v) is 8.45. The largest absolute Gasteiger partial charge is 0.481 e. The number of fused-ring (bicyclic) bond motifs is 1. The molecule has 2 aromatic carbocycles. The van der Waals surface area contributed by atoms with E-state index in [2.05, 4.69) is 0 Å². The fraction of sp³-hybridized carbons (Fsp3) is 0.200. The van der Waals surface area contributed by atoms with Gasteiger partial charge in [0, 0.05) is 16.6 Å². The molecule has 0 saturated carbocycles. The molecule has 0 bridgehead atoms. The Bertz CT molecular complexity index is 1130. The molecule has 1 N–H and O–H groups in total. The Morgan fingerprint density at radius 1 is 0.933 bits per heavy atom. The number of hydrogen-bond acceptors (Lipinski definition) is 2. The van der Waals surface area contributed by atoms with Crippen molar-refractivity contribution in [3.05, 3.63) is 70.4 Å². The zero-order chi connectivity index (χ0) is 22.4. The Labute approximate surface area is 165 Å². The van der Waals surface area contributed by atoms with Crippen molar-refractivity contribution >= 4 is 22.8 Å². The second kappa shape index (κ2) is 7.19. The molecule has 0 aliphatic carbocycles. The van der Waals surface area contributed by atoms with Gasteiger partial charge in [-0.15, -0.1) is 0 Å². The van der Waals surface area contributed by atoms with Crippen LogP contribution >= 0.6 is 0 Å². The second-order valence-corrected chi connectivity index (χ2v) is 6.59. The fourth-order valence-corrected chi connectivity index (χ4v) is 3.28. The van der Waals surface area contributed by atoms with Crippen LogP contribution in [0, 0.1) is 6.92 Å². The van der Waals surface area contributed by atoms with Crippen molar-refractivity contribution in [1.29, 1.82) is 0 Å². The summed E-state index contributed by atoms with van der Waals surface area (Å²) in [4.78, 5) is 24.2. The maximum absolute atomic E-state index is 13.1. The zero-order valence-electron chi connectivity index (χ0n) is 15.2. The number of aromatic nitrogens is 1. The molecule has 3 rings (SSSR count). The topological polar surface area (TPSA) is 59.3 Å². The second-order valence-electron chi connectivity index (χ2n) is 6.59. The van der Waals surface area contributed by atoms with Crippen LogP contribution in [0.25, 0.3) is 10.9 Å². The molecule has 3 aromatic rings. The summed E-state index contributed by atoms with van der Waals surface area (Å²) in [6, 6.07) is 6.69. The van der Waals surface area contributed by atoms with E-state index in [4.69, 9.17) is 5.11 Å². The molecule has 0 atom stereocenters. The van der Waals surface area contributed by atoms with E-state index in [1.807, 2.05) is 0 Å². The minimum Gasteiger partial charge on any atom is -0.481 e. The monoisotopic (exact) mass is 429 g/mol. The molecule has 1 heterocycles. The summed E-state index contributed by atoms with van der Waals surface area (Å²) in [5, 5.41) is 9.49. The van der Waals surface area contributed by atoms with E-state index in [0.29, 0.717) is 17.5 Å². The number of carbonyl (C=O) groups excluding carboxylic acids is 1. The third kappa shape index (κ3) is 3.89. The summed E-state index contributed by atoms with van der Waals surface area (Å²) >= 11 is 0. The maximum Gasteiger partial charge on any atom is 0.416 e. The van der Waals surface area contributed by atoms with Crippen LogP contribution in [0.15, 0.2) is 42.5 Å². The number of hydrogen-bond donors (Lipinski definition) is 1. The van der Waals surface area contributed by atoms with Crippen LogP contribution in [-0.4, -0.2) is 21.6 Å². The molecule has 0 spiro atoms. The predicted octanol–water partition coefficient (Wildman–Crippen LogP) is 5.30. The number of para-hydroxylation sites is 1. The molecule has 1 aromatic heterocycles. The smallest absolute Gasteiger partial charge is 0.416 e. The molecule has 30 heavy (non-hydrogen) atoms. The third-order valence-corrected chi connectivity index (χ3v) is 4.61. The highest BCUT2D eigenvalue weighted by Crippen LogP contribution is 2.37. The van der Waals surface area contributed by atoms with Gasteiger partial charge in [-0.05, 0) is 36.8 Å². The predicted molar refractivity (Wildman–Crippen MR) is 94.2 cm³/mol. The number of benzene rings is 2. The van der Waals surface area contributed by atoms with E-state index >= 15 is 0 Å². The fourth-order valence-electron chi connectivity index (χ4n) is 3.28. The normalized spacial score (nSPS) is 12.4. The lowest BCUT2D eigenvalue weighted by Crippen LogP contribution is -2.18. The Morgan fingerprint density at radius 2 is 1.47 bits per heavy atom. The number of carboxylic acids is 1. The van der Waals surface area contributed by atoms with Crippen LogP contribution in [0.3, 0.4) is 0 Å². The summed E-state index contributed by atoms with van der Waals surface area (Å²) in [5.74, 6) is -2.33. The van der Waals surface area contributed by atoms with Crippen molar-refractivity contribution in [1.82, 2.24) is 4.57 Å². The van der Waals surface area contributed by atoms with Gasteiger partial charge >= 0.3 is 18.3 Å². The highest BCUT2D eigenvalue weighted by atomic mass is 19.4. The van der Waals surface area contributed by atoms with Gasteiger partial charge in [-0.3, -0.25) is 14.2 Å². The molecule has 0 aliphatic rings. The summed E-state index contributed by atoms with van der Waals surface area (Å²) in [6.45, 7) is 1.38. The van der Waals surface area contributed by atoms with Gasteiger partial charge in [0.05, 0.1) is 23.1 Å². The Hall–Kier alpha value is -3.30. The Balaban J connectivity index is 2.26. The first-order chi connectivity index (χ1) is 13.8. The van der Waals surface area contributed by atoms with Gasteiger partial charge < -0.3 is 5.11 Å². The number of nitrogens with zero attached hydrogens (tertiary/aromatic N) is 1. The van der Waals surface area contributed by atoms with Crippen LogP contribution < -0.4 is 0 Å². The van der Waals surface area contributed by atoms with Gasteiger partial charge in [-0.2, -0.15) is 26.3 Å². The lowest BCUT2D eigenvalue weighted by atomic mass is 10.0. The Morgan fingerprint density at radius 3 is 1.97 bits per heavy atom. The third-order valence-electron chi connectivity index (χ3n) is 4.61. The van der Waals surface area contributed by atoms with E-state index in [-0.39, 0.29) is 22.8 Å². The van der Waals surface area contributed by atoms with Crippen molar-refractivity contribution in [3.8, 4) is 0 Å². The summed E-state index contributed by atoms with van der Waals surface area (Å²) in [6.07, 6.45) is -10.7. The van der Waals surface area contributed by atoms with Crippen LogP contribution in [0.1, 0.15) is 32.7 Å². The van der Waals surface area contributed by atoms with Crippen molar-refractivity contribution in [2.45, 2.75) is 25.7 Å². The minimum absolute atomic E-state index is 0.0622. The molecular weight excluding hydrogens is 416 g/mol. The van der Waals surface area contributed by atoms with Crippen molar-refractivity contribution < 1.29 is 41.0 Å². The minimum atomic E-state index is -5.10. The van der Waals surface area contributed by atoms with E-state index < -0.39 is 47.3 Å². The van der Waals surface area contributed by atoms with Crippen LogP contribution in [0.2, 0.25) is 0 Å². The summed E-state index contributed by atoms with van der Waals surface area (Å²) in [5.41, 5.74) is -3.49. The highest BCUT2D eigenvalue weighted by Gasteiger charge is 2.38. The lowest BCUT2D eigenvalue weighted by molar-refractivity contribution is -0.143. The van der Waals surface area contributed by atoms with Crippen molar-refractivity contribution in [2.75, 3.05) is 0 Å².